The van der Waals surface area contributed by atoms with E-state index in [0.717, 1.165) is 29.9 Å². The van der Waals surface area contributed by atoms with Crippen molar-refractivity contribution in [2.75, 3.05) is 11.9 Å². The van der Waals surface area contributed by atoms with Crippen LogP contribution in [0.3, 0.4) is 0 Å². The minimum absolute atomic E-state index is 0.0522. The highest BCUT2D eigenvalue weighted by molar-refractivity contribution is 5.89. The van der Waals surface area contributed by atoms with Crippen LogP contribution < -0.4 is 5.32 Å². The smallest absolute Gasteiger partial charge is 0.322 e. The zero-order valence-electron chi connectivity index (χ0n) is 13.0. The van der Waals surface area contributed by atoms with Crippen LogP contribution in [0.15, 0.2) is 42.6 Å². The third-order valence-electron chi connectivity index (χ3n) is 3.45. The van der Waals surface area contributed by atoms with E-state index in [2.05, 4.69) is 12.2 Å². The van der Waals surface area contributed by atoms with Gasteiger partial charge in [0, 0.05) is 31.2 Å². The molecule has 112 valence electrons. The number of aromatic nitrogens is 1. The Balaban J connectivity index is 2.07. The molecule has 0 saturated heterocycles. The Morgan fingerprint density at radius 3 is 2.71 bits per heavy atom. The van der Waals surface area contributed by atoms with E-state index in [9.17, 15) is 4.79 Å². The quantitative estimate of drug-likeness (QED) is 0.892. The highest BCUT2D eigenvalue weighted by atomic mass is 16.2. The number of amides is 2. The van der Waals surface area contributed by atoms with E-state index in [1.54, 1.807) is 0 Å². The number of hydrogen-bond donors (Lipinski definition) is 1. The number of rotatable bonds is 5. The van der Waals surface area contributed by atoms with Crippen molar-refractivity contribution >= 4 is 11.7 Å². The lowest BCUT2D eigenvalue weighted by atomic mass is 10.2. The normalized spacial score (nSPS) is 10.4. The van der Waals surface area contributed by atoms with Gasteiger partial charge in [-0.3, -0.25) is 0 Å². The first-order chi connectivity index (χ1) is 10.1. The van der Waals surface area contributed by atoms with Gasteiger partial charge in [0.2, 0.25) is 0 Å². The third-order valence-corrected chi connectivity index (χ3v) is 3.45. The van der Waals surface area contributed by atoms with Gasteiger partial charge in [0.1, 0.15) is 0 Å². The molecule has 0 saturated carbocycles. The number of carbonyl (C=O) groups is 1. The Kier molecular flexibility index (Phi) is 5.04. The SMILES string of the molecule is CCCN(Cc1cccn1C)C(=O)Nc1cccc(C)c1. The molecule has 0 aliphatic heterocycles. The summed E-state index contributed by atoms with van der Waals surface area (Å²) in [5.74, 6) is 0. The van der Waals surface area contributed by atoms with Crippen LogP contribution >= 0.6 is 0 Å². The zero-order chi connectivity index (χ0) is 15.2. The number of urea groups is 1. The van der Waals surface area contributed by atoms with Crippen LogP contribution in [0.25, 0.3) is 0 Å². The molecule has 1 aromatic heterocycles. The van der Waals surface area contributed by atoms with Crippen molar-refractivity contribution in [1.82, 2.24) is 9.47 Å². The molecule has 2 aromatic rings. The molecular weight excluding hydrogens is 262 g/mol. The molecule has 0 atom stereocenters. The number of aryl methyl sites for hydroxylation is 2. The summed E-state index contributed by atoms with van der Waals surface area (Å²) in [7, 11) is 2.00. The van der Waals surface area contributed by atoms with Crippen molar-refractivity contribution in [2.45, 2.75) is 26.8 Å². The molecule has 0 unspecified atom stereocenters. The highest BCUT2D eigenvalue weighted by Crippen LogP contribution is 2.12. The third kappa shape index (κ3) is 4.12. The number of hydrogen-bond acceptors (Lipinski definition) is 1. The summed E-state index contributed by atoms with van der Waals surface area (Å²) in [5.41, 5.74) is 3.10. The zero-order valence-corrected chi connectivity index (χ0v) is 13.0. The molecule has 1 aromatic carbocycles. The second-order valence-electron chi connectivity index (χ2n) is 5.33. The maximum Gasteiger partial charge on any atom is 0.322 e. The minimum Gasteiger partial charge on any atom is -0.353 e. The summed E-state index contributed by atoms with van der Waals surface area (Å²) in [6, 6.07) is 11.8. The fraction of sp³-hybridized carbons (Fsp3) is 0.353. The minimum atomic E-state index is -0.0522. The van der Waals surface area contributed by atoms with E-state index in [-0.39, 0.29) is 6.03 Å². The maximum absolute atomic E-state index is 12.5. The van der Waals surface area contributed by atoms with Crippen molar-refractivity contribution in [2.24, 2.45) is 7.05 Å². The molecule has 4 heteroatoms. The van der Waals surface area contributed by atoms with E-state index in [1.807, 2.05) is 66.0 Å². The van der Waals surface area contributed by atoms with Crippen molar-refractivity contribution < 1.29 is 4.79 Å². The Morgan fingerprint density at radius 2 is 2.10 bits per heavy atom. The number of carbonyl (C=O) groups excluding carboxylic acids is 1. The molecule has 2 rings (SSSR count). The number of benzene rings is 1. The van der Waals surface area contributed by atoms with Crippen LogP contribution in [0.4, 0.5) is 10.5 Å². The molecule has 0 radical (unpaired) electrons. The first-order valence-electron chi connectivity index (χ1n) is 7.33. The average Bonchev–Trinajstić information content (AvgIpc) is 2.84. The maximum atomic E-state index is 12.5. The second-order valence-corrected chi connectivity index (χ2v) is 5.33. The molecule has 0 bridgehead atoms. The van der Waals surface area contributed by atoms with E-state index in [1.165, 1.54) is 0 Å². The predicted octanol–water partition coefficient (Wildman–Crippen LogP) is 3.78. The first-order valence-corrected chi connectivity index (χ1v) is 7.33. The summed E-state index contributed by atoms with van der Waals surface area (Å²) in [6.07, 6.45) is 2.93. The predicted molar refractivity (Wildman–Crippen MR) is 86.3 cm³/mol. The van der Waals surface area contributed by atoms with Crippen molar-refractivity contribution in [3.8, 4) is 0 Å². The molecule has 0 spiro atoms. The van der Waals surface area contributed by atoms with Gasteiger partial charge < -0.3 is 14.8 Å². The topological polar surface area (TPSA) is 37.3 Å². The Bertz CT molecular complexity index is 604. The van der Waals surface area contributed by atoms with Crippen LogP contribution in [-0.2, 0) is 13.6 Å². The van der Waals surface area contributed by atoms with Crippen molar-refractivity contribution in [3.63, 3.8) is 0 Å². The number of nitrogens with zero attached hydrogens (tertiary/aromatic N) is 2. The summed E-state index contributed by atoms with van der Waals surface area (Å²) in [5, 5.41) is 2.98. The van der Waals surface area contributed by atoms with E-state index in [4.69, 9.17) is 0 Å². The fourth-order valence-electron chi connectivity index (χ4n) is 2.30. The van der Waals surface area contributed by atoms with E-state index in [0.29, 0.717) is 6.54 Å². The van der Waals surface area contributed by atoms with Crippen molar-refractivity contribution in [1.29, 1.82) is 0 Å². The highest BCUT2D eigenvalue weighted by Gasteiger charge is 2.14. The lowest BCUT2D eigenvalue weighted by Gasteiger charge is -2.23. The molecule has 1 N–H and O–H groups in total. The molecule has 2 amide bonds. The average molecular weight is 285 g/mol. The molecule has 4 nitrogen and oxygen atoms in total. The van der Waals surface area contributed by atoms with Crippen LogP contribution in [-0.4, -0.2) is 22.0 Å². The van der Waals surface area contributed by atoms with Gasteiger partial charge >= 0.3 is 6.03 Å². The fourth-order valence-corrected chi connectivity index (χ4v) is 2.30. The molecule has 0 fully saturated rings. The Hall–Kier alpha value is -2.23. The number of anilines is 1. The van der Waals surface area contributed by atoms with Gasteiger partial charge in [-0.25, -0.2) is 4.79 Å². The van der Waals surface area contributed by atoms with Gasteiger partial charge in [0.25, 0.3) is 0 Å². The van der Waals surface area contributed by atoms with Gasteiger partial charge in [0.05, 0.1) is 6.54 Å². The van der Waals surface area contributed by atoms with Gasteiger partial charge in [-0.2, -0.15) is 0 Å². The summed E-state index contributed by atoms with van der Waals surface area (Å²) in [6.45, 7) is 5.46. The summed E-state index contributed by atoms with van der Waals surface area (Å²) >= 11 is 0. The van der Waals surface area contributed by atoms with Crippen LogP contribution in [0.2, 0.25) is 0 Å². The largest absolute Gasteiger partial charge is 0.353 e. The van der Waals surface area contributed by atoms with Crippen LogP contribution in [0.1, 0.15) is 24.6 Å². The first kappa shape index (κ1) is 15.2. The van der Waals surface area contributed by atoms with Gasteiger partial charge in [-0.05, 0) is 43.2 Å². The lowest BCUT2D eigenvalue weighted by Crippen LogP contribution is -2.35. The number of nitrogens with one attached hydrogen (secondary N) is 1. The molecule has 1 heterocycles. The van der Waals surface area contributed by atoms with Gasteiger partial charge in [0.15, 0.2) is 0 Å². The van der Waals surface area contributed by atoms with E-state index >= 15 is 0 Å². The second kappa shape index (κ2) is 6.97. The molecular formula is C17H23N3O. The van der Waals surface area contributed by atoms with Crippen LogP contribution in [0.5, 0.6) is 0 Å². The molecule has 21 heavy (non-hydrogen) atoms. The molecule has 0 aliphatic rings. The van der Waals surface area contributed by atoms with Crippen molar-refractivity contribution in [3.05, 3.63) is 53.9 Å². The molecule has 0 aliphatic carbocycles. The van der Waals surface area contributed by atoms with E-state index < -0.39 is 0 Å². The summed E-state index contributed by atoms with van der Waals surface area (Å²) < 4.78 is 2.04. The van der Waals surface area contributed by atoms with Crippen LogP contribution in [0, 0.1) is 6.92 Å². The Labute approximate surface area is 126 Å². The lowest BCUT2D eigenvalue weighted by molar-refractivity contribution is 0.208. The monoisotopic (exact) mass is 285 g/mol. The van der Waals surface area contributed by atoms with Gasteiger partial charge in [-0.15, -0.1) is 0 Å². The standard InChI is InChI=1S/C17H23N3O/c1-4-10-20(13-16-9-6-11-19(16)3)17(21)18-15-8-5-7-14(2)12-15/h5-9,11-12H,4,10,13H2,1-3H3,(H,18,21). The Morgan fingerprint density at radius 1 is 1.29 bits per heavy atom. The van der Waals surface area contributed by atoms with Gasteiger partial charge in [-0.1, -0.05) is 19.1 Å². The summed E-state index contributed by atoms with van der Waals surface area (Å²) in [4.78, 5) is 14.3.